The first-order valence-electron chi connectivity index (χ1n) is 5.16. The van der Waals surface area contributed by atoms with Crippen LogP contribution in [0.5, 0.6) is 0 Å². The van der Waals surface area contributed by atoms with Crippen molar-refractivity contribution >= 4 is 27.3 Å². The predicted octanol–water partition coefficient (Wildman–Crippen LogP) is 3.83. The van der Waals surface area contributed by atoms with Crippen molar-refractivity contribution in [2.45, 2.75) is 38.6 Å². The van der Waals surface area contributed by atoms with E-state index in [1.807, 2.05) is 11.3 Å². The molecule has 0 bridgehead atoms. The Hall–Kier alpha value is 0.140. The first-order valence-corrected chi connectivity index (χ1v) is 6.83. The van der Waals surface area contributed by atoms with Gasteiger partial charge in [0.1, 0.15) is 0 Å². The van der Waals surface area contributed by atoms with Crippen LogP contribution in [0.1, 0.15) is 31.1 Å². The predicted molar refractivity (Wildman–Crippen MR) is 68.1 cm³/mol. The van der Waals surface area contributed by atoms with Crippen molar-refractivity contribution < 1.29 is 0 Å². The normalized spacial score (nSPS) is 13.1. The Morgan fingerprint density at radius 1 is 1.57 bits per heavy atom. The molecule has 0 aromatic carbocycles. The van der Waals surface area contributed by atoms with Gasteiger partial charge < -0.3 is 5.32 Å². The van der Waals surface area contributed by atoms with Crippen LogP contribution in [0.15, 0.2) is 15.9 Å². The van der Waals surface area contributed by atoms with E-state index in [0.29, 0.717) is 6.04 Å². The van der Waals surface area contributed by atoms with Gasteiger partial charge in [-0.1, -0.05) is 6.92 Å². The van der Waals surface area contributed by atoms with Gasteiger partial charge in [-0.15, -0.1) is 11.3 Å². The van der Waals surface area contributed by atoms with Crippen LogP contribution in [0, 0.1) is 0 Å². The number of hydrogen-bond donors (Lipinski definition) is 1. The van der Waals surface area contributed by atoms with Gasteiger partial charge in [0.25, 0.3) is 0 Å². The van der Waals surface area contributed by atoms with E-state index >= 15 is 0 Å². The van der Waals surface area contributed by atoms with Gasteiger partial charge in [-0.3, -0.25) is 0 Å². The summed E-state index contributed by atoms with van der Waals surface area (Å²) >= 11 is 5.33. The first-order chi connectivity index (χ1) is 6.76. The zero-order chi connectivity index (χ0) is 10.4. The summed E-state index contributed by atoms with van der Waals surface area (Å²) in [4.78, 5) is 1.49. The average Bonchev–Trinajstić information content (AvgIpc) is 2.59. The van der Waals surface area contributed by atoms with Crippen LogP contribution < -0.4 is 5.32 Å². The molecule has 1 rings (SSSR count). The van der Waals surface area contributed by atoms with Crippen LogP contribution >= 0.6 is 27.3 Å². The Morgan fingerprint density at radius 3 is 2.86 bits per heavy atom. The van der Waals surface area contributed by atoms with E-state index in [4.69, 9.17) is 0 Å². The maximum absolute atomic E-state index is 3.48. The molecule has 0 fully saturated rings. The molecule has 0 aliphatic rings. The standard InChI is InChI=1S/C11H18BrNS/c1-3-10(13-2)5-4-6-11-7-9(12)8-14-11/h7-8,10,13H,3-6H2,1-2H3. The largest absolute Gasteiger partial charge is 0.317 e. The SMILES string of the molecule is CCC(CCCc1cc(Br)cs1)NC. The molecule has 1 aromatic heterocycles. The molecular weight excluding hydrogens is 258 g/mol. The van der Waals surface area contributed by atoms with Gasteiger partial charge in [0.05, 0.1) is 0 Å². The molecule has 1 aromatic rings. The first kappa shape index (κ1) is 12.2. The summed E-state index contributed by atoms with van der Waals surface area (Å²) in [7, 11) is 2.05. The maximum Gasteiger partial charge on any atom is 0.0285 e. The van der Waals surface area contributed by atoms with Gasteiger partial charge in [-0.25, -0.2) is 0 Å². The molecule has 1 N–H and O–H groups in total. The minimum Gasteiger partial charge on any atom is -0.317 e. The summed E-state index contributed by atoms with van der Waals surface area (Å²) in [6.07, 6.45) is 5.01. The highest BCUT2D eigenvalue weighted by molar-refractivity contribution is 9.10. The maximum atomic E-state index is 3.48. The van der Waals surface area contributed by atoms with Gasteiger partial charge in [0, 0.05) is 20.8 Å². The number of rotatable bonds is 6. The van der Waals surface area contributed by atoms with Crippen LogP contribution in [0.25, 0.3) is 0 Å². The van der Waals surface area contributed by atoms with Crippen LogP contribution in [-0.2, 0) is 6.42 Å². The Morgan fingerprint density at radius 2 is 2.36 bits per heavy atom. The third kappa shape index (κ3) is 4.11. The Labute approximate surface area is 99.0 Å². The molecule has 1 heterocycles. The summed E-state index contributed by atoms with van der Waals surface area (Å²) in [5.74, 6) is 0. The van der Waals surface area contributed by atoms with E-state index in [1.165, 1.54) is 35.0 Å². The fraction of sp³-hybridized carbons (Fsp3) is 0.636. The van der Waals surface area contributed by atoms with Gasteiger partial charge in [0.2, 0.25) is 0 Å². The second-order valence-electron chi connectivity index (χ2n) is 3.52. The van der Waals surface area contributed by atoms with Crippen molar-refractivity contribution in [3.05, 3.63) is 20.8 Å². The molecule has 0 saturated heterocycles. The van der Waals surface area contributed by atoms with Crippen molar-refractivity contribution in [3.8, 4) is 0 Å². The average molecular weight is 276 g/mol. The summed E-state index contributed by atoms with van der Waals surface area (Å²) in [6.45, 7) is 2.24. The molecule has 1 nitrogen and oxygen atoms in total. The van der Waals surface area contributed by atoms with Crippen LogP contribution in [0.3, 0.4) is 0 Å². The van der Waals surface area contributed by atoms with Crippen molar-refractivity contribution in [2.75, 3.05) is 7.05 Å². The lowest BCUT2D eigenvalue weighted by Crippen LogP contribution is -2.23. The van der Waals surface area contributed by atoms with Crippen LogP contribution in [0.2, 0.25) is 0 Å². The molecule has 3 heteroatoms. The van der Waals surface area contributed by atoms with Crippen molar-refractivity contribution in [1.29, 1.82) is 0 Å². The highest BCUT2D eigenvalue weighted by Gasteiger charge is 2.03. The van der Waals surface area contributed by atoms with Gasteiger partial charge in [-0.2, -0.15) is 0 Å². The van der Waals surface area contributed by atoms with Gasteiger partial charge in [-0.05, 0) is 54.7 Å². The molecule has 1 unspecified atom stereocenters. The molecule has 0 spiro atoms. The Bertz CT molecular complexity index is 256. The van der Waals surface area contributed by atoms with Crippen LogP contribution in [-0.4, -0.2) is 13.1 Å². The quantitative estimate of drug-likeness (QED) is 0.832. The van der Waals surface area contributed by atoms with Crippen LogP contribution in [0.4, 0.5) is 0 Å². The second kappa shape index (κ2) is 6.59. The molecule has 14 heavy (non-hydrogen) atoms. The lowest BCUT2D eigenvalue weighted by atomic mass is 10.1. The molecular formula is C11H18BrNS. The van der Waals surface area contributed by atoms with E-state index in [-0.39, 0.29) is 0 Å². The summed E-state index contributed by atoms with van der Waals surface area (Å²) in [5, 5.41) is 5.49. The zero-order valence-electron chi connectivity index (χ0n) is 8.85. The summed E-state index contributed by atoms with van der Waals surface area (Å²) in [5.41, 5.74) is 0. The number of halogens is 1. The molecule has 0 aliphatic heterocycles. The van der Waals surface area contributed by atoms with Crippen molar-refractivity contribution in [3.63, 3.8) is 0 Å². The zero-order valence-corrected chi connectivity index (χ0v) is 11.2. The third-order valence-electron chi connectivity index (χ3n) is 2.50. The molecule has 0 aliphatic carbocycles. The molecule has 0 saturated carbocycles. The number of nitrogens with one attached hydrogen (secondary N) is 1. The van der Waals surface area contributed by atoms with E-state index in [1.54, 1.807) is 0 Å². The number of thiophene rings is 1. The van der Waals surface area contributed by atoms with E-state index in [2.05, 4.69) is 46.7 Å². The van der Waals surface area contributed by atoms with Gasteiger partial charge >= 0.3 is 0 Å². The monoisotopic (exact) mass is 275 g/mol. The lowest BCUT2D eigenvalue weighted by Gasteiger charge is -2.12. The molecule has 0 radical (unpaired) electrons. The summed E-state index contributed by atoms with van der Waals surface area (Å²) < 4.78 is 1.22. The van der Waals surface area contributed by atoms with Gasteiger partial charge in [0.15, 0.2) is 0 Å². The third-order valence-corrected chi connectivity index (χ3v) is 4.26. The fourth-order valence-electron chi connectivity index (χ4n) is 1.56. The topological polar surface area (TPSA) is 12.0 Å². The second-order valence-corrected chi connectivity index (χ2v) is 5.43. The minimum absolute atomic E-state index is 0.693. The van der Waals surface area contributed by atoms with Crippen molar-refractivity contribution in [1.82, 2.24) is 5.32 Å². The molecule has 1 atom stereocenters. The lowest BCUT2D eigenvalue weighted by molar-refractivity contribution is 0.492. The smallest absolute Gasteiger partial charge is 0.0285 e. The van der Waals surface area contributed by atoms with E-state index in [0.717, 1.165) is 0 Å². The summed E-state index contributed by atoms with van der Waals surface area (Å²) in [6, 6.07) is 2.92. The highest BCUT2D eigenvalue weighted by atomic mass is 79.9. The number of aryl methyl sites for hydroxylation is 1. The Balaban J connectivity index is 2.21. The fourth-order valence-corrected chi connectivity index (χ4v) is 3.06. The Kier molecular flexibility index (Phi) is 5.75. The van der Waals surface area contributed by atoms with Crippen molar-refractivity contribution in [2.24, 2.45) is 0 Å². The molecule has 0 amide bonds. The number of hydrogen-bond acceptors (Lipinski definition) is 2. The minimum atomic E-state index is 0.693. The van der Waals surface area contributed by atoms with E-state index in [9.17, 15) is 0 Å². The highest BCUT2D eigenvalue weighted by Crippen LogP contribution is 2.21. The molecule has 80 valence electrons. The van der Waals surface area contributed by atoms with E-state index < -0.39 is 0 Å².